The van der Waals surface area contributed by atoms with Crippen molar-refractivity contribution >= 4 is 42.4 Å². The molecule has 1 saturated carbocycles. The Morgan fingerprint density at radius 2 is 1.52 bits per heavy atom. The average molecular weight is 748 g/mol. The minimum Gasteiger partial charge on any atom is -0.422 e. The van der Waals surface area contributed by atoms with Gasteiger partial charge in [0.15, 0.2) is 6.23 Å². The smallest absolute Gasteiger partial charge is 0.412 e. The molecule has 3 aliphatic heterocycles. The number of ether oxygens (including phenoxy) is 6. The molecule has 4 atom stereocenters. The number of aliphatic hydroxyl groups excluding tert-OH is 2. The molecular formula is C30H43ClN5O13P. The maximum absolute atomic E-state index is 13.6. The van der Waals surface area contributed by atoms with Crippen molar-refractivity contribution in [1.82, 2.24) is 24.3 Å². The third-order valence-corrected chi connectivity index (χ3v) is 10.8. The summed E-state index contributed by atoms with van der Waals surface area (Å²) < 4.78 is 58.2. The molecule has 5 heterocycles. The minimum atomic E-state index is -4.22. The molecule has 1 aliphatic carbocycles. The summed E-state index contributed by atoms with van der Waals surface area (Å²) in [5.74, 6) is 0.516. The van der Waals surface area contributed by atoms with Crippen LogP contribution in [-0.4, -0.2) is 144 Å². The first-order valence-corrected chi connectivity index (χ1v) is 18.8. The monoisotopic (exact) mass is 747 g/mol. The molecule has 0 bridgehead atoms. The third-order valence-electron chi connectivity index (χ3n) is 9.13. The topological polar surface area (TPSA) is 203 Å². The zero-order valence-corrected chi connectivity index (χ0v) is 29.2. The number of aromatic nitrogens is 3. The van der Waals surface area contributed by atoms with Gasteiger partial charge in [-0.1, -0.05) is 25.7 Å². The van der Waals surface area contributed by atoms with Gasteiger partial charge >= 0.3 is 19.8 Å². The second kappa shape index (κ2) is 17.3. The summed E-state index contributed by atoms with van der Waals surface area (Å²) in [5.41, 5.74) is 1.28. The van der Waals surface area contributed by atoms with Crippen LogP contribution in [0.15, 0.2) is 12.3 Å². The predicted octanol–water partition coefficient (Wildman–Crippen LogP) is 2.49. The summed E-state index contributed by atoms with van der Waals surface area (Å²) in [6.45, 7) is 0.889. The van der Waals surface area contributed by atoms with E-state index in [0.29, 0.717) is 64.2 Å². The highest BCUT2D eigenvalue weighted by Crippen LogP contribution is 2.48. The number of fused-ring (bicyclic) bond motifs is 1. The van der Waals surface area contributed by atoms with Gasteiger partial charge in [-0.05, 0) is 30.0 Å². The molecule has 20 heteroatoms. The minimum absolute atomic E-state index is 0.0698. The molecule has 6 rings (SSSR count). The fraction of sp³-hybridized carbons (Fsp3) is 0.733. The number of carbonyl (C=O) groups excluding carboxylic acids is 2. The van der Waals surface area contributed by atoms with Crippen LogP contribution in [0.5, 0.6) is 0 Å². The highest BCUT2D eigenvalue weighted by atomic mass is 35.5. The Balaban J connectivity index is 1.06. The van der Waals surface area contributed by atoms with Crippen LogP contribution in [0.1, 0.15) is 37.6 Å². The molecule has 4 aliphatic rings. The van der Waals surface area contributed by atoms with Crippen molar-refractivity contribution in [3.05, 3.63) is 23.2 Å². The quantitative estimate of drug-likeness (QED) is 0.172. The molecule has 0 unspecified atom stereocenters. The van der Waals surface area contributed by atoms with Crippen molar-refractivity contribution in [1.29, 1.82) is 0 Å². The summed E-state index contributed by atoms with van der Waals surface area (Å²) in [6.07, 6.45) is 0.151. The number of hydrogen-bond acceptors (Lipinski definition) is 15. The Morgan fingerprint density at radius 3 is 2.12 bits per heavy atom. The molecule has 0 spiro atoms. The van der Waals surface area contributed by atoms with Crippen LogP contribution in [0.2, 0.25) is 5.28 Å². The summed E-state index contributed by atoms with van der Waals surface area (Å²) >= 11 is 6.31. The number of morpholine rings is 2. The standard InChI is InChI=1S/C30H43ClN5O13P/c31-28-32-22(15-20-3-1-2-4-20)21-5-6-36(26(21)33-28)27-25(38)24(37)23(49-27)16-44-19-50(41,47-17-45-29(39)34-7-11-42-12-8-34)48-18-46-30(40)35-9-13-43-14-10-35/h5-6,20,23-25,27,37-38H,1-4,7-19H2/t23-,24-,25-,27-/m1/s1. The van der Waals surface area contributed by atoms with E-state index in [-0.39, 0.29) is 11.9 Å². The van der Waals surface area contributed by atoms with Crippen molar-refractivity contribution < 1.29 is 61.8 Å². The van der Waals surface area contributed by atoms with E-state index >= 15 is 0 Å². The summed E-state index contributed by atoms with van der Waals surface area (Å²) in [5, 5.41) is 22.7. The molecule has 2 aromatic heterocycles. The van der Waals surface area contributed by atoms with E-state index in [1.165, 1.54) is 22.6 Å². The predicted molar refractivity (Wildman–Crippen MR) is 172 cm³/mol. The first kappa shape index (κ1) is 37.1. The summed E-state index contributed by atoms with van der Waals surface area (Å²) in [6, 6.07) is 1.84. The molecule has 18 nitrogen and oxygen atoms in total. The van der Waals surface area contributed by atoms with Crippen LogP contribution in [0.4, 0.5) is 9.59 Å². The van der Waals surface area contributed by atoms with Gasteiger partial charge in [0.2, 0.25) is 18.9 Å². The van der Waals surface area contributed by atoms with Crippen LogP contribution in [0, 0.1) is 5.92 Å². The highest BCUT2D eigenvalue weighted by Gasteiger charge is 2.45. The normalized spacial score (nSPS) is 25.0. The lowest BCUT2D eigenvalue weighted by molar-refractivity contribution is -0.0641. The van der Waals surface area contributed by atoms with E-state index in [4.69, 9.17) is 49.1 Å². The summed E-state index contributed by atoms with van der Waals surface area (Å²) in [4.78, 5) is 36.4. The number of halogens is 1. The van der Waals surface area contributed by atoms with Crippen molar-refractivity contribution in [2.45, 2.75) is 56.6 Å². The van der Waals surface area contributed by atoms with Crippen molar-refractivity contribution in [2.75, 3.05) is 79.1 Å². The average Bonchev–Trinajstić information content (AvgIpc) is 3.86. The first-order valence-electron chi connectivity index (χ1n) is 16.7. The van der Waals surface area contributed by atoms with E-state index in [9.17, 15) is 24.4 Å². The van der Waals surface area contributed by atoms with Gasteiger partial charge in [0.25, 0.3) is 0 Å². The Labute approximate surface area is 293 Å². The molecule has 2 N–H and O–H groups in total. The van der Waals surface area contributed by atoms with Gasteiger partial charge < -0.3 is 53.0 Å². The van der Waals surface area contributed by atoms with E-state index in [2.05, 4.69) is 9.97 Å². The largest absolute Gasteiger partial charge is 0.422 e. The van der Waals surface area contributed by atoms with Gasteiger partial charge in [-0.2, -0.15) is 4.98 Å². The maximum atomic E-state index is 13.6. The van der Waals surface area contributed by atoms with Crippen molar-refractivity contribution in [3.63, 3.8) is 0 Å². The molecule has 0 radical (unpaired) electrons. The van der Waals surface area contributed by atoms with Crippen LogP contribution in [0.25, 0.3) is 11.0 Å². The number of rotatable bonds is 13. The Bertz CT molecular complexity index is 1460. The molecule has 4 fully saturated rings. The zero-order chi connectivity index (χ0) is 35.1. The van der Waals surface area contributed by atoms with Crippen LogP contribution >= 0.6 is 19.2 Å². The van der Waals surface area contributed by atoms with E-state index in [1.54, 1.807) is 10.8 Å². The zero-order valence-electron chi connectivity index (χ0n) is 27.5. The number of amides is 2. The van der Waals surface area contributed by atoms with Crippen molar-refractivity contribution in [3.8, 4) is 0 Å². The van der Waals surface area contributed by atoms with Gasteiger partial charge in [0.1, 0.15) is 30.3 Å². The van der Waals surface area contributed by atoms with Crippen LogP contribution in [0.3, 0.4) is 0 Å². The molecule has 278 valence electrons. The fourth-order valence-corrected chi connectivity index (χ4v) is 7.55. The second-order valence-corrected chi connectivity index (χ2v) is 14.8. The molecule has 2 amide bonds. The number of hydrogen-bond donors (Lipinski definition) is 2. The molecule has 50 heavy (non-hydrogen) atoms. The van der Waals surface area contributed by atoms with E-state index in [0.717, 1.165) is 30.3 Å². The lowest BCUT2D eigenvalue weighted by atomic mass is 10.0. The fourth-order valence-electron chi connectivity index (χ4n) is 6.39. The lowest BCUT2D eigenvalue weighted by Crippen LogP contribution is -2.41. The SMILES string of the molecule is O=C(OCOP(=O)(COC[C@H]1O[C@@H](n2ccc3c(CC4CCCC4)nc(Cl)nc32)[C@H](O)[C@@H]1O)OCOC(=O)N1CCOCC1)N1CCOCC1. The summed E-state index contributed by atoms with van der Waals surface area (Å²) in [7, 11) is -4.22. The molecule has 2 aromatic rings. The van der Waals surface area contributed by atoms with Gasteiger partial charge in [-0.25, -0.2) is 14.6 Å². The number of aliphatic hydroxyl groups is 2. The number of carbonyl (C=O) groups is 2. The van der Waals surface area contributed by atoms with Gasteiger partial charge in [-0.3, -0.25) is 13.6 Å². The maximum Gasteiger partial charge on any atom is 0.412 e. The number of nitrogens with zero attached hydrogens (tertiary/aromatic N) is 5. The van der Waals surface area contributed by atoms with Gasteiger partial charge in [0.05, 0.1) is 38.7 Å². The lowest BCUT2D eigenvalue weighted by Gasteiger charge is -2.27. The van der Waals surface area contributed by atoms with Crippen molar-refractivity contribution in [2.24, 2.45) is 5.92 Å². The van der Waals surface area contributed by atoms with Crippen LogP contribution < -0.4 is 0 Å². The van der Waals surface area contributed by atoms with Gasteiger partial charge in [0, 0.05) is 37.8 Å². The van der Waals surface area contributed by atoms with Gasteiger partial charge in [-0.15, -0.1) is 0 Å². The Hall–Kier alpha value is -2.64. The Morgan fingerprint density at radius 1 is 0.920 bits per heavy atom. The van der Waals surface area contributed by atoms with Crippen LogP contribution in [-0.2, 0) is 48.5 Å². The first-order chi connectivity index (χ1) is 24.2. The second-order valence-electron chi connectivity index (χ2n) is 12.4. The van der Waals surface area contributed by atoms with E-state index < -0.39 is 64.3 Å². The molecule has 0 aromatic carbocycles. The highest BCUT2D eigenvalue weighted by molar-refractivity contribution is 7.53. The molecule has 3 saturated heterocycles. The van der Waals surface area contributed by atoms with E-state index in [1.807, 2.05) is 6.07 Å². The third kappa shape index (κ3) is 9.23. The molecular weight excluding hydrogens is 705 g/mol. The Kier molecular flexibility index (Phi) is 12.8.